The van der Waals surface area contributed by atoms with Crippen LogP contribution in [0, 0.1) is 0 Å². The molecule has 1 aromatic heterocycles. The summed E-state index contributed by atoms with van der Waals surface area (Å²) in [7, 11) is 0. The lowest BCUT2D eigenvalue weighted by Crippen LogP contribution is -2.21. The van der Waals surface area contributed by atoms with E-state index in [0.29, 0.717) is 6.04 Å². The molecule has 3 heteroatoms. The number of para-hydroxylation sites is 2. The molecule has 1 saturated heterocycles. The number of benzene rings is 1. The van der Waals surface area contributed by atoms with E-state index in [1.807, 2.05) is 24.2 Å². The van der Waals surface area contributed by atoms with Gasteiger partial charge in [0, 0.05) is 11.5 Å². The van der Waals surface area contributed by atoms with Crippen LogP contribution in [0.2, 0.25) is 0 Å². The van der Waals surface area contributed by atoms with Crippen LogP contribution >= 0.6 is 11.8 Å². The largest absolute Gasteiger partial charge is 0.326 e. The van der Waals surface area contributed by atoms with Gasteiger partial charge in [-0.25, -0.2) is 4.98 Å². The Hall–Kier alpha value is -0.960. The summed E-state index contributed by atoms with van der Waals surface area (Å²) < 4.78 is 2.30. The number of thioether (sulfide) groups is 1. The Balaban J connectivity index is 2.17. The molecule has 2 heterocycles. The predicted molar refractivity (Wildman–Crippen MR) is 56.1 cm³/mol. The fourth-order valence-electron chi connectivity index (χ4n) is 1.65. The fourth-order valence-corrected chi connectivity index (χ4v) is 2.42. The van der Waals surface area contributed by atoms with Gasteiger partial charge in [0.15, 0.2) is 0 Å². The van der Waals surface area contributed by atoms with Gasteiger partial charge >= 0.3 is 0 Å². The second-order valence-electron chi connectivity index (χ2n) is 3.33. The van der Waals surface area contributed by atoms with Gasteiger partial charge in [0.05, 0.1) is 23.4 Å². The molecule has 0 radical (unpaired) electrons. The maximum Gasteiger partial charge on any atom is 0.0961 e. The van der Waals surface area contributed by atoms with Crippen LogP contribution < -0.4 is 0 Å². The zero-order valence-electron chi connectivity index (χ0n) is 7.18. The minimum absolute atomic E-state index is 0.678. The van der Waals surface area contributed by atoms with Gasteiger partial charge < -0.3 is 4.57 Å². The standard InChI is InChI=1S/C10H10N2S/c1-2-4-10-9(3-1)11-7-12(10)8-5-13-6-8/h1-4,7-8H,5-6H2. The minimum Gasteiger partial charge on any atom is -0.326 e. The van der Waals surface area contributed by atoms with Gasteiger partial charge in [-0.15, -0.1) is 0 Å². The molecule has 0 saturated carbocycles. The summed E-state index contributed by atoms with van der Waals surface area (Å²) in [4.78, 5) is 4.38. The Morgan fingerprint density at radius 3 is 2.92 bits per heavy atom. The van der Waals surface area contributed by atoms with Crippen molar-refractivity contribution in [1.29, 1.82) is 0 Å². The third-order valence-corrected chi connectivity index (χ3v) is 3.74. The molecule has 0 bridgehead atoms. The van der Waals surface area contributed by atoms with Gasteiger partial charge in [0.25, 0.3) is 0 Å². The molecule has 2 aromatic rings. The summed E-state index contributed by atoms with van der Waals surface area (Å²) in [6.07, 6.45) is 1.97. The normalized spacial score (nSPS) is 17.5. The van der Waals surface area contributed by atoms with Crippen molar-refractivity contribution in [3.8, 4) is 0 Å². The van der Waals surface area contributed by atoms with Crippen molar-refractivity contribution in [1.82, 2.24) is 9.55 Å². The summed E-state index contributed by atoms with van der Waals surface area (Å²) >= 11 is 2.00. The van der Waals surface area contributed by atoms with Crippen molar-refractivity contribution < 1.29 is 0 Å². The molecule has 13 heavy (non-hydrogen) atoms. The van der Waals surface area contributed by atoms with Gasteiger partial charge in [0.1, 0.15) is 0 Å². The monoisotopic (exact) mass is 190 g/mol. The molecule has 1 aromatic carbocycles. The first kappa shape index (κ1) is 7.44. The van der Waals surface area contributed by atoms with Crippen molar-refractivity contribution in [2.75, 3.05) is 11.5 Å². The zero-order chi connectivity index (χ0) is 8.67. The summed E-state index contributed by atoms with van der Waals surface area (Å²) in [5.41, 5.74) is 2.38. The molecule has 0 N–H and O–H groups in total. The quantitative estimate of drug-likeness (QED) is 0.686. The minimum atomic E-state index is 0.678. The van der Waals surface area contributed by atoms with Crippen LogP contribution in [0.3, 0.4) is 0 Å². The van der Waals surface area contributed by atoms with E-state index in [1.54, 1.807) is 0 Å². The molecule has 0 spiro atoms. The van der Waals surface area contributed by atoms with Gasteiger partial charge in [-0.2, -0.15) is 11.8 Å². The second-order valence-corrected chi connectivity index (χ2v) is 4.41. The number of nitrogens with zero attached hydrogens (tertiary/aromatic N) is 2. The molecular formula is C10H10N2S. The first-order valence-corrected chi connectivity index (χ1v) is 5.60. The van der Waals surface area contributed by atoms with Gasteiger partial charge in [-0.3, -0.25) is 0 Å². The fraction of sp³-hybridized carbons (Fsp3) is 0.300. The molecule has 0 unspecified atom stereocenters. The van der Waals surface area contributed by atoms with Crippen molar-refractivity contribution in [3.05, 3.63) is 30.6 Å². The first-order chi connectivity index (χ1) is 6.45. The third-order valence-electron chi connectivity index (χ3n) is 2.49. The molecule has 0 aliphatic carbocycles. The summed E-state index contributed by atoms with van der Waals surface area (Å²) in [6.45, 7) is 0. The van der Waals surface area contributed by atoms with Crippen LogP contribution in [0.25, 0.3) is 11.0 Å². The molecule has 1 fully saturated rings. The van der Waals surface area contributed by atoms with Crippen molar-refractivity contribution >= 4 is 22.8 Å². The highest BCUT2D eigenvalue weighted by Gasteiger charge is 2.21. The number of hydrogen-bond acceptors (Lipinski definition) is 2. The number of fused-ring (bicyclic) bond motifs is 1. The van der Waals surface area contributed by atoms with Crippen LogP contribution in [-0.4, -0.2) is 21.1 Å². The molecule has 2 nitrogen and oxygen atoms in total. The van der Waals surface area contributed by atoms with E-state index in [2.05, 4.69) is 27.8 Å². The highest BCUT2D eigenvalue weighted by atomic mass is 32.2. The molecule has 0 atom stereocenters. The van der Waals surface area contributed by atoms with Gasteiger partial charge in [-0.05, 0) is 12.1 Å². The van der Waals surface area contributed by atoms with Crippen LogP contribution in [0.1, 0.15) is 6.04 Å². The Bertz CT molecular complexity index is 431. The SMILES string of the molecule is c1ccc2c(c1)ncn2C1CSC1. The van der Waals surface area contributed by atoms with Crippen LogP contribution in [0.5, 0.6) is 0 Å². The lowest BCUT2D eigenvalue weighted by atomic mass is 10.3. The number of aromatic nitrogens is 2. The average molecular weight is 190 g/mol. The van der Waals surface area contributed by atoms with E-state index in [0.717, 1.165) is 5.52 Å². The molecular weight excluding hydrogens is 180 g/mol. The predicted octanol–water partition coefficient (Wildman–Crippen LogP) is 2.32. The molecule has 1 aliphatic heterocycles. The average Bonchev–Trinajstić information content (AvgIpc) is 2.47. The van der Waals surface area contributed by atoms with Gasteiger partial charge in [0.2, 0.25) is 0 Å². The van der Waals surface area contributed by atoms with E-state index in [1.165, 1.54) is 17.0 Å². The second kappa shape index (κ2) is 2.77. The topological polar surface area (TPSA) is 17.8 Å². The number of rotatable bonds is 1. The molecule has 1 aliphatic rings. The summed E-state index contributed by atoms with van der Waals surface area (Å²) in [5.74, 6) is 2.47. The Kier molecular flexibility index (Phi) is 1.59. The summed E-state index contributed by atoms with van der Waals surface area (Å²) in [5, 5.41) is 0. The van der Waals surface area contributed by atoms with E-state index in [4.69, 9.17) is 0 Å². The lowest BCUT2D eigenvalue weighted by Gasteiger charge is -2.26. The molecule has 3 rings (SSSR count). The Labute approximate surface area is 81.0 Å². The van der Waals surface area contributed by atoms with E-state index in [9.17, 15) is 0 Å². The summed E-state index contributed by atoms with van der Waals surface area (Å²) in [6, 6.07) is 9.00. The Morgan fingerprint density at radius 2 is 2.15 bits per heavy atom. The maximum absolute atomic E-state index is 4.38. The smallest absolute Gasteiger partial charge is 0.0961 e. The van der Waals surface area contributed by atoms with E-state index >= 15 is 0 Å². The zero-order valence-corrected chi connectivity index (χ0v) is 8.00. The first-order valence-electron chi connectivity index (χ1n) is 4.44. The van der Waals surface area contributed by atoms with Gasteiger partial charge in [-0.1, -0.05) is 12.1 Å². The van der Waals surface area contributed by atoms with E-state index in [-0.39, 0.29) is 0 Å². The highest BCUT2D eigenvalue weighted by Crippen LogP contribution is 2.31. The molecule has 66 valence electrons. The molecule has 0 amide bonds. The highest BCUT2D eigenvalue weighted by molar-refractivity contribution is 8.00. The Morgan fingerprint density at radius 1 is 1.31 bits per heavy atom. The van der Waals surface area contributed by atoms with Crippen LogP contribution in [0.4, 0.5) is 0 Å². The van der Waals surface area contributed by atoms with E-state index < -0.39 is 0 Å². The van der Waals surface area contributed by atoms with Crippen molar-refractivity contribution in [2.45, 2.75) is 6.04 Å². The maximum atomic E-state index is 4.38. The van der Waals surface area contributed by atoms with Crippen molar-refractivity contribution in [3.63, 3.8) is 0 Å². The number of hydrogen-bond donors (Lipinski definition) is 0. The number of imidazole rings is 1. The van der Waals surface area contributed by atoms with Crippen LogP contribution in [-0.2, 0) is 0 Å². The lowest BCUT2D eigenvalue weighted by molar-refractivity contribution is 0.609. The van der Waals surface area contributed by atoms with Crippen LogP contribution in [0.15, 0.2) is 30.6 Å². The van der Waals surface area contributed by atoms with Crippen molar-refractivity contribution in [2.24, 2.45) is 0 Å². The third kappa shape index (κ3) is 1.07.